The summed E-state index contributed by atoms with van der Waals surface area (Å²) in [4.78, 5) is 0. The zero-order valence-corrected chi connectivity index (χ0v) is 10.2. The normalized spacial score (nSPS) is 11.8. The van der Waals surface area contributed by atoms with Gasteiger partial charge < -0.3 is 5.32 Å². The van der Waals surface area contributed by atoms with Crippen LogP contribution >= 0.6 is 11.6 Å². The summed E-state index contributed by atoms with van der Waals surface area (Å²) >= 11 is 5.91. The predicted molar refractivity (Wildman–Crippen MR) is 62.9 cm³/mol. The predicted octanol–water partition coefficient (Wildman–Crippen LogP) is 3.41. The van der Waals surface area contributed by atoms with E-state index < -0.39 is 0 Å². The first-order valence-electron chi connectivity index (χ1n) is 5.08. The molecule has 1 nitrogen and oxygen atoms in total. The van der Waals surface area contributed by atoms with Crippen molar-refractivity contribution in [3.05, 3.63) is 34.6 Å². The highest BCUT2D eigenvalue weighted by Crippen LogP contribution is 2.19. The molecule has 0 amide bonds. The molecule has 1 N–H and O–H groups in total. The summed E-state index contributed by atoms with van der Waals surface area (Å²) in [5.41, 5.74) is 0.647. The molecule has 0 aliphatic rings. The molecule has 0 bridgehead atoms. The van der Waals surface area contributed by atoms with Crippen molar-refractivity contribution in [3.63, 3.8) is 0 Å². The van der Waals surface area contributed by atoms with Crippen LogP contribution in [0.5, 0.6) is 0 Å². The van der Waals surface area contributed by atoms with Crippen LogP contribution in [0.4, 0.5) is 4.39 Å². The maximum absolute atomic E-state index is 13.4. The zero-order valence-electron chi connectivity index (χ0n) is 9.40. The summed E-state index contributed by atoms with van der Waals surface area (Å²) in [5.74, 6) is -0.224. The van der Waals surface area contributed by atoms with Gasteiger partial charge in [-0.25, -0.2) is 4.39 Å². The number of halogens is 2. The van der Waals surface area contributed by atoms with E-state index in [0.29, 0.717) is 17.0 Å². The van der Waals surface area contributed by atoms with Gasteiger partial charge in [0.05, 0.1) is 0 Å². The van der Waals surface area contributed by atoms with E-state index in [2.05, 4.69) is 26.1 Å². The lowest BCUT2D eigenvalue weighted by molar-refractivity contribution is 0.427. The molecular formula is C12H17ClFN. The lowest BCUT2D eigenvalue weighted by atomic mass is 10.1. The largest absolute Gasteiger partial charge is 0.312 e. The molecule has 0 heterocycles. The number of hydrogen-bond acceptors (Lipinski definition) is 1. The summed E-state index contributed by atoms with van der Waals surface area (Å²) in [5, 5.41) is 3.80. The van der Waals surface area contributed by atoms with Gasteiger partial charge in [-0.2, -0.15) is 0 Å². The van der Waals surface area contributed by atoms with Gasteiger partial charge in [-0.1, -0.05) is 17.7 Å². The lowest BCUT2D eigenvalue weighted by Crippen LogP contribution is -2.37. The van der Waals surface area contributed by atoms with Gasteiger partial charge in [0.25, 0.3) is 0 Å². The SMILES string of the molecule is CC(C)(C)NCCc1c(F)cccc1Cl. The maximum atomic E-state index is 13.4. The van der Waals surface area contributed by atoms with Crippen molar-refractivity contribution in [2.45, 2.75) is 32.7 Å². The molecule has 0 unspecified atom stereocenters. The van der Waals surface area contributed by atoms with Gasteiger partial charge in [-0.05, 0) is 45.9 Å². The summed E-state index contributed by atoms with van der Waals surface area (Å²) in [6.07, 6.45) is 0.614. The molecule has 0 spiro atoms. The fourth-order valence-corrected chi connectivity index (χ4v) is 1.59. The van der Waals surface area contributed by atoms with Crippen LogP contribution in [0.15, 0.2) is 18.2 Å². The van der Waals surface area contributed by atoms with Crippen LogP contribution in [0.1, 0.15) is 26.3 Å². The van der Waals surface area contributed by atoms with Gasteiger partial charge in [0.2, 0.25) is 0 Å². The second-order valence-corrected chi connectivity index (χ2v) is 5.03. The standard InChI is InChI=1S/C12H17ClFN/c1-12(2,3)15-8-7-9-10(13)5-4-6-11(9)14/h4-6,15H,7-8H2,1-3H3. The van der Waals surface area contributed by atoms with Gasteiger partial charge in [0, 0.05) is 16.1 Å². The minimum atomic E-state index is -0.224. The minimum Gasteiger partial charge on any atom is -0.312 e. The smallest absolute Gasteiger partial charge is 0.127 e. The Balaban J connectivity index is 2.58. The third-order valence-corrected chi connectivity index (χ3v) is 2.45. The highest BCUT2D eigenvalue weighted by atomic mass is 35.5. The van der Waals surface area contributed by atoms with Gasteiger partial charge in [-0.3, -0.25) is 0 Å². The van der Waals surface area contributed by atoms with E-state index >= 15 is 0 Å². The van der Waals surface area contributed by atoms with E-state index in [1.54, 1.807) is 12.1 Å². The Bertz CT molecular complexity index is 311. The maximum Gasteiger partial charge on any atom is 0.127 e. The number of benzene rings is 1. The highest BCUT2D eigenvalue weighted by molar-refractivity contribution is 6.31. The molecule has 0 aromatic heterocycles. The highest BCUT2D eigenvalue weighted by Gasteiger charge is 2.10. The van der Waals surface area contributed by atoms with Gasteiger partial charge in [-0.15, -0.1) is 0 Å². The van der Waals surface area contributed by atoms with Crippen LogP contribution in [-0.2, 0) is 6.42 Å². The first-order valence-corrected chi connectivity index (χ1v) is 5.46. The van der Waals surface area contributed by atoms with E-state index in [4.69, 9.17) is 11.6 Å². The topological polar surface area (TPSA) is 12.0 Å². The van der Waals surface area contributed by atoms with Crippen molar-refractivity contribution < 1.29 is 4.39 Å². The molecule has 1 rings (SSSR count). The molecular weight excluding hydrogens is 213 g/mol. The van der Waals surface area contributed by atoms with E-state index in [1.807, 2.05) is 0 Å². The quantitative estimate of drug-likeness (QED) is 0.838. The Kier molecular flexibility index (Phi) is 4.12. The average molecular weight is 230 g/mol. The molecule has 1 aromatic rings. The Morgan fingerprint density at radius 3 is 2.53 bits per heavy atom. The molecule has 0 aliphatic carbocycles. The van der Waals surface area contributed by atoms with E-state index in [0.717, 1.165) is 6.54 Å². The third kappa shape index (κ3) is 4.18. The second kappa shape index (κ2) is 4.95. The molecule has 84 valence electrons. The van der Waals surface area contributed by atoms with Crippen LogP contribution in [0.25, 0.3) is 0 Å². The molecule has 0 radical (unpaired) electrons. The van der Waals surface area contributed by atoms with Crippen molar-refractivity contribution >= 4 is 11.6 Å². The summed E-state index contributed by atoms with van der Waals surface area (Å²) in [7, 11) is 0. The van der Waals surface area contributed by atoms with Crippen LogP contribution < -0.4 is 5.32 Å². The van der Waals surface area contributed by atoms with Crippen LogP contribution in [0.3, 0.4) is 0 Å². The second-order valence-electron chi connectivity index (χ2n) is 4.63. The van der Waals surface area contributed by atoms with Crippen molar-refractivity contribution in [2.75, 3.05) is 6.54 Å². The van der Waals surface area contributed by atoms with Crippen molar-refractivity contribution in [1.82, 2.24) is 5.32 Å². The summed E-state index contributed by atoms with van der Waals surface area (Å²) < 4.78 is 13.4. The van der Waals surface area contributed by atoms with Gasteiger partial charge >= 0.3 is 0 Å². The molecule has 0 fully saturated rings. The molecule has 1 aromatic carbocycles. The Labute approximate surface area is 95.6 Å². The molecule has 0 aliphatic heterocycles. The Hall–Kier alpha value is -0.600. The fraction of sp³-hybridized carbons (Fsp3) is 0.500. The first kappa shape index (κ1) is 12.5. The van der Waals surface area contributed by atoms with E-state index in [1.165, 1.54) is 6.07 Å². The Morgan fingerprint density at radius 2 is 2.00 bits per heavy atom. The third-order valence-electron chi connectivity index (χ3n) is 2.09. The number of nitrogens with one attached hydrogen (secondary N) is 1. The first-order chi connectivity index (χ1) is 6.90. The van der Waals surface area contributed by atoms with Crippen LogP contribution in [-0.4, -0.2) is 12.1 Å². The summed E-state index contributed by atoms with van der Waals surface area (Å²) in [6.45, 7) is 6.96. The molecule has 3 heteroatoms. The van der Waals surface area contributed by atoms with E-state index in [-0.39, 0.29) is 11.4 Å². The van der Waals surface area contributed by atoms with E-state index in [9.17, 15) is 4.39 Å². The van der Waals surface area contributed by atoms with Crippen molar-refractivity contribution in [1.29, 1.82) is 0 Å². The van der Waals surface area contributed by atoms with Crippen LogP contribution in [0.2, 0.25) is 5.02 Å². The monoisotopic (exact) mass is 229 g/mol. The van der Waals surface area contributed by atoms with Gasteiger partial charge in [0.15, 0.2) is 0 Å². The molecule has 15 heavy (non-hydrogen) atoms. The molecule has 0 atom stereocenters. The average Bonchev–Trinajstić information content (AvgIpc) is 2.08. The fourth-order valence-electron chi connectivity index (χ4n) is 1.33. The van der Waals surface area contributed by atoms with Gasteiger partial charge in [0.1, 0.15) is 5.82 Å². The number of rotatable bonds is 3. The Morgan fingerprint density at radius 1 is 1.33 bits per heavy atom. The molecule has 0 saturated heterocycles. The van der Waals surface area contributed by atoms with Crippen LogP contribution in [0, 0.1) is 5.82 Å². The summed E-state index contributed by atoms with van der Waals surface area (Å²) in [6, 6.07) is 4.79. The molecule has 0 saturated carbocycles. The van der Waals surface area contributed by atoms with Crippen molar-refractivity contribution in [2.24, 2.45) is 0 Å². The minimum absolute atomic E-state index is 0.0533. The zero-order chi connectivity index (χ0) is 11.5. The number of hydrogen-bond donors (Lipinski definition) is 1. The lowest BCUT2D eigenvalue weighted by Gasteiger charge is -2.20. The van der Waals surface area contributed by atoms with Crippen molar-refractivity contribution in [3.8, 4) is 0 Å².